The van der Waals surface area contributed by atoms with Crippen LogP contribution in [-0.4, -0.2) is 17.0 Å². The molecule has 4 aliphatic rings. The molecule has 1 aromatic carbocycles. The molecular formula is C29H40O2. The van der Waals surface area contributed by atoms with Crippen molar-refractivity contribution in [2.75, 3.05) is 0 Å². The van der Waals surface area contributed by atoms with Crippen LogP contribution in [0.5, 0.6) is 0 Å². The fourth-order valence-corrected chi connectivity index (χ4v) is 8.49. The highest BCUT2D eigenvalue weighted by atomic mass is 16.3. The van der Waals surface area contributed by atoms with Crippen molar-refractivity contribution in [1.82, 2.24) is 0 Å². The van der Waals surface area contributed by atoms with Gasteiger partial charge in [0.25, 0.3) is 0 Å². The van der Waals surface area contributed by atoms with Gasteiger partial charge in [0.05, 0.1) is 6.10 Å². The lowest BCUT2D eigenvalue weighted by Gasteiger charge is -2.58. The lowest BCUT2D eigenvalue weighted by Crippen LogP contribution is -2.51. The molecule has 7 atom stereocenters. The summed E-state index contributed by atoms with van der Waals surface area (Å²) in [5.41, 5.74) is 4.66. The number of benzene rings is 1. The molecule has 2 nitrogen and oxygen atoms in total. The Balaban J connectivity index is 1.32. The molecule has 0 aromatic heterocycles. The smallest absolute Gasteiger partial charge is 0.136 e. The molecule has 0 aliphatic heterocycles. The van der Waals surface area contributed by atoms with E-state index in [1.54, 1.807) is 5.57 Å². The minimum atomic E-state index is -0.133. The highest BCUT2D eigenvalue weighted by molar-refractivity contribution is 5.82. The van der Waals surface area contributed by atoms with Crippen LogP contribution >= 0.6 is 0 Å². The Labute approximate surface area is 188 Å². The lowest BCUT2D eigenvalue weighted by molar-refractivity contribution is -0.129. The van der Waals surface area contributed by atoms with E-state index in [1.165, 1.54) is 36.8 Å². The van der Waals surface area contributed by atoms with Crippen LogP contribution in [0.2, 0.25) is 0 Å². The third-order valence-electron chi connectivity index (χ3n) is 10.4. The van der Waals surface area contributed by atoms with Gasteiger partial charge in [0.15, 0.2) is 0 Å². The molecule has 1 N–H and O–H groups in total. The summed E-state index contributed by atoms with van der Waals surface area (Å²) in [7, 11) is 0. The van der Waals surface area contributed by atoms with Gasteiger partial charge in [-0.2, -0.15) is 0 Å². The first-order valence-electron chi connectivity index (χ1n) is 12.8. The summed E-state index contributed by atoms with van der Waals surface area (Å²) in [5, 5.41) is 10.2. The Hall–Kier alpha value is -1.41. The van der Waals surface area contributed by atoms with Crippen molar-refractivity contribution in [2.45, 2.75) is 91.1 Å². The first kappa shape index (κ1) is 21.4. The van der Waals surface area contributed by atoms with Gasteiger partial charge in [-0.25, -0.2) is 0 Å². The van der Waals surface area contributed by atoms with Crippen molar-refractivity contribution in [2.24, 2.45) is 34.5 Å². The molecule has 2 heteroatoms. The van der Waals surface area contributed by atoms with E-state index in [-0.39, 0.29) is 22.9 Å². The van der Waals surface area contributed by atoms with E-state index >= 15 is 0 Å². The lowest BCUT2D eigenvalue weighted by atomic mass is 9.47. The monoisotopic (exact) mass is 420 g/mol. The molecule has 0 radical (unpaired) electrons. The first-order valence-corrected chi connectivity index (χ1v) is 12.8. The Kier molecular flexibility index (Phi) is 5.44. The Morgan fingerprint density at radius 3 is 2.68 bits per heavy atom. The third kappa shape index (κ3) is 3.45. The van der Waals surface area contributed by atoms with Crippen LogP contribution in [0.15, 0.2) is 35.9 Å². The maximum atomic E-state index is 13.4. The number of fused-ring (bicyclic) bond motifs is 5. The standard InChI is InChI=1S/C29H40O2/c1-19-6-4-5-7-20(19)8-13-27(31)26-12-11-24-23-10-9-21-18-22(30)14-16-28(21,2)25(23)15-17-29(24,26)3/h4-7,9,22-26,30H,8,10-18H2,1-3H3/t22-,23-,24-,25-,26+,28-,29-/m0/s1. The molecule has 1 aromatic rings. The van der Waals surface area contributed by atoms with E-state index in [0.29, 0.717) is 18.1 Å². The van der Waals surface area contributed by atoms with Crippen molar-refractivity contribution in [1.29, 1.82) is 0 Å². The zero-order chi connectivity index (χ0) is 21.8. The summed E-state index contributed by atoms with van der Waals surface area (Å²) < 4.78 is 0. The molecule has 0 bridgehead atoms. The summed E-state index contributed by atoms with van der Waals surface area (Å²) in [6.07, 6.45) is 12.9. The number of hydrogen-bond acceptors (Lipinski definition) is 2. The molecule has 0 amide bonds. The number of hydrogen-bond donors (Lipinski definition) is 1. The van der Waals surface area contributed by atoms with Gasteiger partial charge in [-0.3, -0.25) is 4.79 Å². The Bertz CT molecular complexity index is 884. The SMILES string of the molecule is Cc1ccccc1CCC(=O)[C@H]1CC[C@H]2[C@@H]3CC=C4C[C@@H](O)CC[C@]4(C)[C@H]3CC[C@]12C. The van der Waals surface area contributed by atoms with Gasteiger partial charge >= 0.3 is 0 Å². The topological polar surface area (TPSA) is 37.3 Å². The molecule has 5 rings (SSSR count). The number of allylic oxidation sites excluding steroid dienone is 1. The normalized spacial score (nSPS) is 41.7. The second-order valence-corrected chi connectivity index (χ2v) is 11.7. The van der Waals surface area contributed by atoms with Crippen molar-refractivity contribution in [3.05, 3.63) is 47.0 Å². The van der Waals surface area contributed by atoms with Gasteiger partial charge in [-0.1, -0.05) is 49.8 Å². The van der Waals surface area contributed by atoms with Crippen LogP contribution in [0.3, 0.4) is 0 Å². The quantitative estimate of drug-likeness (QED) is 0.569. The van der Waals surface area contributed by atoms with E-state index in [2.05, 4.69) is 51.1 Å². The number of carbonyl (C=O) groups is 1. The minimum Gasteiger partial charge on any atom is -0.393 e. The number of carbonyl (C=O) groups excluding carboxylic acids is 1. The van der Waals surface area contributed by atoms with Crippen LogP contribution < -0.4 is 0 Å². The predicted molar refractivity (Wildman–Crippen MR) is 126 cm³/mol. The zero-order valence-corrected chi connectivity index (χ0v) is 19.7. The van der Waals surface area contributed by atoms with Crippen LogP contribution in [0.4, 0.5) is 0 Å². The van der Waals surface area contributed by atoms with Crippen LogP contribution in [0.25, 0.3) is 0 Å². The summed E-state index contributed by atoms with van der Waals surface area (Å²) in [6, 6.07) is 8.51. The number of Topliss-reactive ketones (excluding diaryl/α,β-unsaturated/α-hetero) is 1. The van der Waals surface area contributed by atoms with E-state index in [1.807, 2.05) is 0 Å². The summed E-state index contributed by atoms with van der Waals surface area (Å²) in [6.45, 7) is 7.11. The van der Waals surface area contributed by atoms with E-state index in [9.17, 15) is 9.90 Å². The van der Waals surface area contributed by atoms with E-state index < -0.39 is 0 Å². The second kappa shape index (κ2) is 7.87. The average molecular weight is 421 g/mol. The molecule has 0 heterocycles. The third-order valence-corrected chi connectivity index (χ3v) is 10.4. The van der Waals surface area contributed by atoms with Gasteiger partial charge in [0.2, 0.25) is 0 Å². The molecule has 4 aliphatic carbocycles. The summed E-state index contributed by atoms with van der Waals surface area (Å²) >= 11 is 0. The minimum absolute atomic E-state index is 0.133. The van der Waals surface area contributed by atoms with E-state index in [4.69, 9.17) is 0 Å². The molecule has 3 saturated carbocycles. The highest BCUT2D eigenvalue weighted by Crippen LogP contribution is 2.66. The summed E-state index contributed by atoms with van der Waals surface area (Å²) in [5.74, 6) is 2.95. The first-order chi connectivity index (χ1) is 14.8. The molecule has 0 spiro atoms. The maximum Gasteiger partial charge on any atom is 0.136 e. The number of aliphatic hydroxyl groups excluding tert-OH is 1. The number of ketones is 1. The molecule has 168 valence electrons. The molecular weight excluding hydrogens is 380 g/mol. The van der Waals surface area contributed by atoms with Crippen molar-refractivity contribution in [3.63, 3.8) is 0 Å². The fourth-order valence-electron chi connectivity index (χ4n) is 8.49. The summed E-state index contributed by atoms with van der Waals surface area (Å²) in [4.78, 5) is 13.4. The molecule has 31 heavy (non-hydrogen) atoms. The second-order valence-electron chi connectivity index (χ2n) is 11.7. The van der Waals surface area contributed by atoms with Crippen LogP contribution in [-0.2, 0) is 11.2 Å². The van der Waals surface area contributed by atoms with Gasteiger partial charge in [0, 0.05) is 12.3 Å². The van der Waals surface area contributed by atoms with Crippen molar-refractivity contribution in [3.8, 4) is 0 Å². The highest BCUT2D eigenvalue weighted by Gasteiger charge is 2.59. The molecule has 0 saturated heterocycles. The molecule has 3 fully saturated rings. The van der Waals surface area contributed by atoms with Crippen LogP contribution in [0.1, 0.15) is 82.8 Å². The largest absolute Gasteiger partial charge is 0.393 e. The zero-order valence-electron chi connectivity index (χ0n) is 19.7. The van der Waals surface area contributed by atoms with Gasteiger partial charge in [-0.15, -0.1) is 0 Å². The number of aliphatic hydroxyl groups is 1. The van der Waals surface area contributed by atoms with Crippen LogP contribution in [0, 0.1) is 41.4 Å². The van der Waals surface area contributed by atoms with Crippen molar-refractivity contribution < 1.29 is 9.90 Å². The average Bonchev–Trinajstić information content (AvgIpc) is 3.11. The van der Waals surface area contributed by atoms with Gasteiger partial charge in [-0.05, 0) is 104 Å². The van der Waals surface area contributed by atoms with Crippen molar-refractivity contribution >= 4 is 5.78 Å². The Morgan fingerprint density at radius 2 is 1.87 bits per heavy atom. The fraction of sp³-hybridized carbons (Fsp3) is 0.690. The number of rotatable bonds is 4. The maximum absolute atomic E-state index is 13.4. The van der Waals surface area contributed by atoms with Gasteiger partial charge in [0.1, 0.15) is 5.78 Å². The van der Waals surface area contributed by atoms with Gasteiger partial charge < -0.3 is 5.11 Å². The predicted octanol–water partition coefficient (Wildman–Crippen LogP) is 6.44. The van der Waals surface area contributed by atoms with E-state index in [0.717, 1.165) is 43.9 Å². The Morgan fingerprint density at radius 1 is 1.06 bits per heavy atom. The molecule has 0 unspecified atom stereocenters. The number of aryl methyl sites for hydroxylation is 2.